The molecule has 9 atom stereocenters. The quantitative estimate of drug-likeness (QED) is 0.559. The van der Waals surface area contributed by atoms with Crippen molar-refractivity contribution < 1.29 is 9.90 Å². The molecular formula is C27H46O2. The molecule has 4 aliphatic rings. The summed E-state index contributed by atoms with van der Waals surface area (Å²) in [5.41, 5.74) is 0.672. The largest absolute Gasteiger partial charge is 0.393 e. The summed E-state index contributed by atoms with van der Waals surface area (Å²) in [4.78, 5) is 13.5. The van der Waals surface area contributed by atoms with E-state index in [-0.39, 0.29) is 6.10 Å². The molecule has 0 spiro atoms. The molecule has 166 valence electrons. The minimum atomic E-state index is -0.172. The van der Waals surface area contributed by atoms with Gasteiger partial charge >= 0.3 is 0 Å². The molecule has 0 aromatic carbocycles. The molecule has 0 heterocycles. The van der Waals surface area contributed by atoms with Crippen LogP contribution in [0.15, 0.2) is 0 Å². The van der Waals surface area contributed by atoms with Crippen LogP contribution < -0.4 is 0 Å². The lowest BCUT2D eigenvalue weighted by Crippen LogP contribution is -2.57. The van der Waals surface area contributed by atoms with Gasteiger partial charge in [-0.25, -0.2) is 0 Å². The van der Waals surface area contributed by atoms with Gasteiger partial charge in [0, 0.05) is 12.3 Å². The number of Topliss-reactive ketones (excluding diaryl/α,β-unsaturated/α-hetero) is 1. The summed E-state index contributed by atoms with van der Waals surface area (Å²) in [5, 5.41) is 10.2. The lowest BCUT2D eigenvalue weighted by Gasteiger charge is -2.60. The van der Waals surface area contributed by atoms with Crippen LogP contribution in [-0.4, -0.2) is 17.0 Å². The van der Waals surface area contributed by atoms with Crippen molar-refractivity contribution in [3.63, 3.8) is 0 Å². The van der Waals surface area contributed by atoms with Crippen LogP contribution >= 0.6 is 0 Å². The summed E-state index contributed by atoms with van der Waals surface area (Å²) in [6, 6.07) is 0. The van der Waals surface area contributed by atoms with Gasteiger partial charge in [-0.05, 0) is 91.3 Å². The van der Waals surface area contributed by atoms with Crippen LogP contribution in [0.3, 0.4) is 0 Å². The Hall–Kier alpha value is -0.370. The van der Waals surface area contributed by atoms with Gasteiger partial charge in [0.05, 0.1) is 6.10 Å². The second-order valence-corrected chi connectivity index (χ2v) is 12.6. The zero-order valence-corrected chi connectivity index (χ0v) is 19.8. The van der Waals surface area contributed by atoms with Gasteiger partial charge in [0.1, 0.15) is 5.78 Å². The van der Waals surface area contributed by atoms with Crippen LogP contribution in [0.1, 0.15) is 105 Å². The van der Waals surface area contributed by atoms with Gasteiger partial charge in [0.2, 0.25) is 0 Å². The average Bonchev–Trinajstić information content (AvgIpc) is 3.00. The van der Waals surface area contributed by atoms with Crippen LogP contribution in [0, 0.1) is 52.3 Å². The van der Waals surface area contributed by atoms with Gasteiger partial charge in [-0.15, -0.1) is 0 Å². The molecule has 4 fully saturated rings. The lowest BCUT2D eigenvalue weighted by molar-refractivity contribution is -0.160. The van der Waals surface area contributed by atoms with E-state index in [4.69, 9.17) is 0 Å². The standard InChI is InChI=1S/C27H46O2/c1-17(2)7-6-8-18(3)21-9-10-22-25-23(12-14-27(21,22)5)26(4)13-11-20(28)15-19(26)16-24(25)29/h17-23,25,28H,6-16H2,1-5H3/t18-,19+,20-,21-,22+,23+,25+,26+,27-/m1/s1. The highest BCUT2D eigenvalue weighted by Crippen LogP contribution is 2.67. The van der Waals surface area contributed by atoms with Crippen LogP contribution in [0.2, 0.25) is 0 Å². The number of ketones is 1. The Morgan fingerprint density at radius 2 is 1.66 bits per heavy atom. The SMILES string of the molecule is CC(C)CCC[C@@H](C)[C@H]1CC[C@H]2[C@@H]3C(=O)C[C@@H]4C[C@H](O)CC[C@]4(C)[C@H]3CC[C@]12C. The first-order valence-corrected chi connectivity index (χ1v) is 12.9. The maximum atomic E-state index is 13.5. The maximum Gasteiger partial charge on any atom is 0.136 e. The van der Waals surface area contributed by atoms with E-state index in [1.54, 1.807) is 0 Å². The van der Waals surface area contributed by atoms with Gasteiger partial charge in [-0.2, -0.15) is 0 Å². The Labute approximate surface area is 179 Å². The molecule has 29 heavy (non-hydrogen) atoms. The highest BCUT2D eigenvalue weighted by molar-refractivity contribution is 5.83. The molecule has 0 saturated heterocycles. The van der Waals surface area contributed by atoms with Crippen LogP contribution in [0.4, 0.5) is 0 Å². The molecule has 0 radical (unpaired) electrons. The molecule has 4 rings (SSSR count). The smallest absolute Gasteiger partial charge is 0.136 e. The molecule has 0 bridgehead atoms. The van der Waals surface area contributed by atoms with Crippen molar-refractivity contribution in [3.8, 4) is 0 Å². The second-order valence-electron chi connectivity index (χ2n) is 12.6. The summed E-state index contributed by atoms with van der Waals surface area (Å²) < 4.78 is 0. The first-order chi connectivity index (χ1) is 13.7. The van der Waals surface area contributed by atoms with Crippen molar-refractivity contribution in [2.24, 2.45) is 52.3 Å². The topological polar surface area (TPSA) is 37.3 Å². The molecule has 0 aromatic heterocycles. The van der Waals surface area contributed by atoms with Crippen LogP contribution in [-0.2, 0) is 4.79 Å². The Balaban J connectivity index is 1.51. The first-order valence-electron chi connectivity index (χ1n) is 12.9. The van der Waals surface area contributed by atoms with Crippen molar-refractivity contribution >= 4 is 5.78 Å². The second kappa shape index (κ2) is 7.95. The van der Waals surface area contributed by atoms with Crippen molar-refractivity contribution in [2.45, 2.75) is 111 Å². The van der Waals surface area contributed by atoms with E-state index in [0.717, 1.165) is 43.4 Å². The van der Waals surface area contributed by atoms with E-state index in [2.05, 4.69) is 34.6 Å². The number of hydrogen-bond donors (Lipinski definition) is 1. The van der Waals surface area contributed by atoms with Gasteiger partial charge in [-0.3, -0.25) is 4.79 Å². The zero-order chi connectivity index (χ0) is 21.0. The minimum absolute atomic E-state index is 0.172. The van der Waals surface area contributed by atoms with Gasteiger partial charge in [0.15, 0.2) is 0 Å². The highest BCUT2D eigenvalue weighted by Gasteiger charge is 2.62. The summed E-state index contributed by atoms with van der Waals surface area (Å²) in [5.74, 6) is 4.93. The number of hydrogen-bond acceptors (Lipinski definition) is 2. The molecule has 0 unspecified atom stereocenters. The third-order valence-corrected chi connectivity index (χ3v) is 10.6. The number of rotatable bonds is 5. The summed E-state index contributed by atoms with van der Waals surface area (Å²) in [6.45, 7) is 12.2. The molecule has 0 aromatic rings. The number of fused-ring (bicyclic) bond motifs is 5. The first kappa shape index (κ1) is 21.8. The third kappa shape index (κ3) is 3.64. The molecule has 1 N–H and O–H groups in total. The molecule has 2 heteroatoms. The van der Waals surface area contributed by atoms with E-state index in [1.165, 1.54) is 44.9 Å². The van der Waals surface area contributed by atoms with Gasteiger partial charge in [0.25, 0.3) is 0 Å². The number of aliphatic hydroxyl groups is 1. The number of carbonyl (C=O) groups excluding carboxylic acids is 1. The highest BCUT2D eigenvalue weighted by atomic mass is 16.3. The normalized spacial score (nSPS) is 48.2. The summed E-state index contributed by atoms with van der Waals surface area (Å²) in [7, 11) is 0. The van der Waals surface area contributed by atoms with Crippen molar-refractivity contribution in [2.75, 3.05) is 0 Å². The Morgan fingerprint density at radius 1 is 0.966 bits per heavy atom. The fourth-order valence-electron chi connectivity index (χ4n) is 8.93. The Morgan fingerprint density at radius 3 is 2.38 bits per heavy atom. The van der Waals surface area contributed by atoms with Crippen molar-refractivity contribution in [1.29, 1.82) is 0 Å². The van der Waals surface area contributed by atoms with Gasteiger partial charge in [-0.1, -0.05) is 53.9 Å². The molecule has 0 aliphatic heterocycles. The Bertz CT molecular complexity index is 612. The molecular weight excluding hydrogens is 356 g/mol. The molecule has 0 amide bonds. The lowest BCUT2D eigenvalue weighted by atomic mass is 9.44. The van der Waals surface area contributed by atoms with Crippen molar-refractivity contribution in [1.82, 2.24) is 0 Å². The Kier molecular flexibility index (Phi) is 5.99. The predicted molar refractivity (Wildman–Crippen MR) is 119 cm³/mol. The summed E-state index contributed by atoms with van der Waals surface area (Å²) in [6.07, 6.45) is 12.8. The number of carbonyl (C=O) groups is 1. The maximum absolute atomic E-state index is 13.5. The number of aliphatic hydroxyl groups excluding tert-OH is 1. The fourth-order valence-corrected chi connectivity index (χ4v) is 8.93. The fraction of sp³-hybridized carbons (Fsp3) is 0.963. The predicted octanol–water partition coefficient (Wildman–Crippen LogP) is 6.65. The van der Waals surface area contributed by atoms with E-state index in [9.17, 15) is 9.90 Å². The van der Waals surface area contributed by atoms with Crippen LogP contribution in [0.5, 0.6) is 0 Å². The minimum Gasteiger partial charge on any atom is -0.393 e. The van der Waals surface area contributed by atoms with E-state index < -0.39 is 0 Å². The zero-order valence-electron chi connectivity index (χ0n) is 19.8. The van der Waals surface area contributed by atoms with E-state index >= 15 is 0 Å². The average molecular weight is 403 g/mol. The molecule has 4 saturated carbocycles. The molecule has 2 nitrogen and oxygen atoms in total. The molecule has 4 aliphatic carbocycles. The van der Waals surface area contributed by atoms with E-state index in [0.29, 0.717) is 40.3 Å². The summed E-state index contributed by atoms with van der Waals surface area (Å²) >= 11 is 0. The third-order valence-electron chi connectivity index (χ3n) is 10.6. The van der Waals surface area contributed by atoms with Crippen molar-refractivity contribution in [3.05, 3.63) is 0 Å². The van der Waals surface area contributed by atoms with Crippen LogP contribution in [0.25, 0.3) is 0 Å². The van der Waals surface area contributed by atoms with E-state index in [1.807, 2.05) is 0 Å². The monoisotopic (exact) mass is 402 g/mol. The van der Waals surface area contributed by atoms with Gasteiger partial charge < -0.3 is 5.11 Å².